The molecular weight excluding hydrogens is 624 g/mol. The second-order valence-electron chi connectivity index (χ2n) is 14.4. The Labute approximate surface area is 277 Å². The summed E-state index contributed by atoms with van der Waals surface area (Å²) in [7, 11) is 0. The van der Waals surface area contributed by atoms with E-state index in [0.717, 1.165) is 0 Å². The third kappa shape index (κ3) is 9.01. The van der Waals surface area contributed by atoms with Gasteiger partial charge in [0, 0.05) is 0 Å². The molecular formula is C32H54O15. The van der Waals surface area contributed by atoms with E-state index < -0.39 is 35.7 Å². The van der Waals surface area contributed by atoms with Gasteiger partial charge in [-0.25, -0.2) is 0 Å². The second-order valence-corrected chi connectivity index (χ2v) is 14.4. The molecule has 0 aromatic heterocycles. The summed E-state index contributed by atoms with van der Waals surface area (Å²) in [5, 5.41) is 0. The van der Waals surface area contributed by atoms with Crippen molar-refractivity contribution in [1.82, 2.24) is 0 Å². The topological polar surface area (TPSA) is 138 Å². The molecule has 47 heavy (non-hydrogen) atoms. The van der Waals surface area contributed by atoms with Gasteiger partial charge in [-0.1, -0.05) is 0 Å². The minimum Gasteiger partial charge on any atom is -0.377 e. The van der Waals surface area contributed by atoms with Crippen LogP contribution in [0.1, 0.15) is 55.4 Å². The summed E-state index contributed by atoms with van der Waals surface area (Å²) < 4.78 is 89.3. The van der Waals surface area contributed by atoms with Gasteiger partial charge in [0.2, 0.25) is 0 Å². The molecule has 6 rings (SSSR count). The summed E-state index contributed by atoms with van der Waals surface area (Å²) in [4.78, 5) is 0. The molecule has 0 aliphatic carbocycles. The average Bonchev–Trinajstić information content (AvgIpc) is 3.67. The summed E-state index contributed by atoms with van der Waals surface area (Å²) in [5.74, 6) is -2.97. The van der Waals surface area contributed by atoms with E-state index in [1.807, 2.05) is 55.4 Å². The van der Waals surface area contributed by atoms with Crippen molar-refractivity contribution in [3.63, 3.8) is 0 Å². The van der Waals surface area contributed by atoms with Crippen molar-refractivity contribution < 1.29 is 71.1 Å². The third-order valence-corrected chi connectivity index (χ3v) is 8.55. The Morgan fingerprint density at radius 2 is 0.617 bits per heavy atom. The molecule has 0 aromatic carbocycles. The standard InChI is InChI=1S/C32H54O15/c1-29(2)40-21-19(38-27-25(23(21)42-29)44-31(5,6)46-27)17-36-15-13-34-11-9-33-10-12-35-14-16-37-18-20-22-24(43-30(3,4)41-22)26-28(39-20)47-32(7,8)45-26/h19-28H,9-18H2,1-8H3/t19-,20-,21+,22+,23+,24+,25-,26-,27-,28-/m1/s1. The first-order chi connectivity index (χ1) is 22.2. The van der Waals surface area contributed by atoms with Gasteiger partial charge in [0.15, 0.2) is 35.7 Å². The summed E-state index contributed by atoms with van der Waals surface area (Å²) in [6.45, 7) is 19.1. The Balaban J connectivity index is 0.769. The van der Waals surface area contributed by atoms with E-state index in [1.54, 1.807) is 0 Å². The van der Waals surface area contributed by atoms with Gasteiger partial charge in [-0.15, -0.1) is 0 Å². The molecule has 0 unspecified atom stereocenters. The molecule has 6 heterocycles. The summed E-state index contributed by atoms with van der Waals surface area (Å²) in [5.41, 5.74) is 0. The molecule has 6 fully saturated rings. The first-order valence-electron chi connectivity index (χ1n) is 16.8. The second kappa shape index (κ2) is 14.6. The van der Waals surface area contributed by atoms with Crippen LogP contribution in [0.4, 0.5) is 0 Å². The van der Waals surface area contributed by atoms with Crippen LogP contribution in [0.5, 0.6) is 0 Å². The summed E-state index contributed by atoms with van der Waals surface area (Å²) >= 11 is 0. The monoisotopic (exact) mass is 678 g/mol. The van der Waals surface area contributed by atoms with Crippen molar-refractivity contribution in [1.29, 1.82) is 0 Å². The fourth-order valence-electron chi connectivity index (χ4n) is 6.83. The highest BCUT2D eigenvalue weighted by molar-refractivity contribution is 5.01. The smallest absolute Gasteiger partial charge is 0.190 e. The summed E-state index contributed by atoms with van der Waals surface area (Å²) in [6.07, 6.45) is -3.67. The molecule has 6 aliphatic rings. The Morgan fingerprint density at radius 3 is 0.979 bits per heavy atom. The van der Waals surface area contributed by atoms with E-state index in [9.17, 15) is 0 Å². The predicted molar refractivity (Wildman–Crippen MR) is 159 cm³/mol. The van der Waals surface area contributed by atoms with E-state index in [2.05, 4.69) is 0 Å². The largest absolute Gasteiger partial charge is 0.377 e. The minimum absolute atomic E-state index is 0.294. The van der Waals surface area contributed by atoms with Crippen LogP contribution in [0.15, 0.2) is 0 Å². The Hall–Kier alpha value is -0.600. The van der Waals surface area contributed by atoms with Crippen molar-refractivity contribution >= 4 is 0 Å². The maximum atomic E-state index is 6.15. The van der Waals surface area contributed by atoms with Gasteiger partial charge in [-0.3, -0.25) is 0 Å². The van der Waals surface area contributed by atoms with Gasteiger partial charge in [0.1, 0.15) is 48.8 Å². The van der Waals surface area contributed by atoms with Crippen LogP contribution in [0.3, 0.4) is 0 Å². The minimum atomic E-state index is -0.749. The van der Waals surface area contributed by atoms with Crippen molar-refractivity contribution in [3.05, 3.63) is 0 Å². The molecule has 0 saturated carbocycles. The summed E-state index contributed by atoms with van der Waals surface area (Å²) in [6, 6.07) is 0. The molecule has 10 atom stereocenters. The molecule has 6 saturated heterocycles. The van der Waals surface area contributed by atoms with Crippen molar-refractivity contribution in [3.8, 4) is 0 Å². The molecule has 15 heteroatoms. The van der Waals surface area contributed by atoms with Gasteiger partial charge in [0.25, 0.3) is 0 Å². The van der Waals surface area contributed by atoms with Gasteiger partial charge < -0.3 is 71.1 Å². The first kappa shape index (κ1) is 36.2. The van der Waals surface area contributed by atoms with Crippen LogP contribution in [-0.2, 0) is 71.1 Å². The predicted octanol–water partition coefficient (Wildman–Crippen LogP) is 1.86. The average molecular weight is 679 g/mol. The third-order valence-electron chi connectivity index (χ3n) is 8.55. The fourth-order valence-corrected chi connectivity index (χ4v) is 6.83. The van der Waals surface area contributed by atoms with Gasteiger partial charge >= 0.3 is 0 Å². The number of rotatable bonds is 16. The highest BCUT2D eigenvalue weighted by Gasteiger charge is 2.62. The molecule has 272 valence electrons. The van der Waals surface area contributed by atoms with E-state index in [-0.39, 0.29) is 48.8 Å². The van der Waals surface area contributed by atoms with Crippen LogP contribution in [0, 0.1) is 0 Å². The lowest BCUT2D eigenvalue weighted by atomic mass is 9.99. The maximum Gasteiger partial charge on any atom is 0.190 e. The van der Waals surface area contributed by atoms with Crippen LogP contribution < -0.4 is 0 Å². The molecule has 0 bridgehead atoms. The quantitative estimate of drug-likeness (QED) is 0.219. The highest BCUT2D eigenvalue weighted by atomic mass is 16.9. The lowest BCUT2D eigenvalue weighted by Gasteiger charge is -2.37. The number of hydrogen-bond acceptors (Lipinski definition) is 15. The van der Waals surface area contributed by atoms with Crippen molar-refractivity contribution in [2.24, 2.45) is 0 Å². The SMILES string of the molecule is CC1(C)O[C@H]2[C@@H](O1)[C@@H](COCCOCCOCCOCCOC[C@H]1O[C@@H]3OC(C)(C)O[C@@H]3[C@H]3OC(C)(C)O[C@H]31)O[C@@H]1OC(C)(C)O[C@@H]12. The molecule has 15 nitrogen and oxygen atoms in total. The lowest BCUT2D eigenvalue weighted by Crippen LogP contribution is -2.56. The van der Waals surface area contributed by atoms with Crippen LogP contribution in [0.2, 0.25) is 0 Å². The van der Waals surface area contributed by atoms with Crippen molar-refractivity contribution in [2.45, 2.75) is 140 Å². The van der Waals surface area contributed by atoms with E-state index >= 15 is 0 Å². The highest BCUT2D eigenvalue weighted by Crippen LogP contribution is 2.45. The van der Waals surface area contributed by atoms with Crippen LogP contribution >= 0.6 is 0 Å². The van der Waals surface area contributed by atoms with Gasteiger partial charge in [-0.2, -0.15) is 0 Å². The van der Waals surface area contributed by atoms with Crippen LogP contribution in [-0.4, -0.2) is 151 Å². The molecule has 0 aromatic rings. The first-order valence-corrected chi connectivity index (χ1v) is 16.8. The normalized spacial score (nSPS) is 40.6. The number of hydrogen-bond donors (Lipinski definition) is 0. The lowest BCUT2D eigenvalue weighted by molar-refractivity contribution is -0.243. The van der Waals surface area contributed by atoms with E-state index in [0.29, 0.717) is 66.1 Å². The molecule has 0 spiro atoms. The van der Waals surface area contributed by atoms with E-state index in [1.165, 1.54) is 0 Å². The zero-order valence-corrected chi connectivity index (χ0v) is 29.0. The Kier molecular flexibility index (Phi) is 11.2. The number of fused-ring (bicyclic) bond motifs is 6. The maximum absolute atomic E-state index is 6.15. The molecule has 0 amide bonds. The van der Waals surface area contributed by atoms with Gasteiger partial charge in [0.05, 0.1) is 66.1 Å². The number of ether oxygens (including phenoxy) is 15. The molecule has 0 N–H and O–H groups in total. The zero-order chi connectivity index (χ0) is 33.5. The Morgan fingerprint density at radius 1 is 0.340 bits per heavy atom. The molecule has 0 radical (unpaired) electrons. The Bertz CT molecular complexity index is 944. The van der Waals surface area contributed by atoms with Crippen molar-refractivity contribution in [2.75, 3.05) is 66.1 Å². The zero-order valence-electron chi connectivity index (χ0n) is 29.0. The van der Waals surface area contributed by atoms with Gasteiger partial charge in [-0.05, 0) is 55.4 Å². The van der Waals surface area contributed by atoms with Crippen LogP contribution in [0.25, 0.3) is 0 Å². The molecule has 6 aliphatic heterocycles. The fraction of sp³-hybridized carbons (Fsp3) is 1.00. The van der Waals surface area contributed by atoms with E-state index in [4.69, 9.17) is 71.1 Å².